The minimum atomic E-state index is 0.677. The average molecular weight is 376 g/mol. The molecule has 26 heavy (non-hydrogen) atoms. The first-order valence-electron chi connectivity index (χ1n) is 9.06. The van der Waals surface area contributed by atoms with Gasteiger partial charge in [0.2, 0.25) is 0 Å². The highest BCUT2D eigenvalue weighted by molar-refractivity contribution is 8.03. The number of nitrogens with two attached hydrogens (primary N) is 1. The lowest BCUT2D eigenvalue weighted by Crippen LogP contribution is -2.06. The maximum absolute atomic E-state index is 5.99. The first kappa shape index (κ1) is 20.3. The summed E-state index contributed by atoms with van der Waals surface area (Å²) in [6.45, 7) is 7.42. The minimum absolute atomic E-state index is 0.677. The molecule has 0 radical (unpaired) electrons. The van der Waals surface area contributed by atoms with Gasteiger partial charge in [0.05, 0.1) is 31.8 Å². The fourth-order valence-corrected chi connectivity index (χ4v) is 3.45. The molecule has 0 unspecified atom stereocenters. The molecule has 0 spiro atoms. The Morgan fingerprint density at radius 3 is 2.96 bits per heavy atom. The van der Waals surface area contributed by atoms with Crippen LogP contribution in [0.2, 0.25) is 0 Å². The number of hydrogen-bond acceptors (Lipinski definition) is 5. The first-order chi connectivity index (χ1) is 12.7. The van der Waals surface area contributed by atoms with Crippen LogP contribution in [0.15, 0.2) is 53.4 Å². The second-order valence-electron chi connectivity index (χ2n) is 6.02. The summed E-state index contributed by atoms with van der Waals surface area (Å²) in [7, 11) is 1.63. The van der Waals surface area contributed by atoms with Gasteiger partial charge in [0, 0.05) is 23.2 Å². The van der Waals surface area contributed by atoms with Crippen molar-refractivity contribution in [2.45, 2.75) is 32.6 Å². The van der Waals surface area contributed by atoms with Crippen LogP contribution >= 0.6 is 11.8 Å². The van der Waals surface area contributed by atoms with E-state index in [0.717, 1.165) is 60.2 Å². The number of thioether (sulfide) groups is 1. The summed E-state index contributed by atoms with van der Waals surface area (Å²) in [4.78, 5) is 1.08. The molecular formula is C21H29NO3S. The van der Waals surface area contributed by atoms with Crippen LogP contribution in [0.3, 0.4) is 0 Å². The summed E-state index contributed by atoms with van der Waals surface area (Å²) in [6.07, 6.45) is 7.63. The van der Waals surface area contributed by atoms with Crippen molar-refractivity contribution in [3.63, 3.8) is 0 Å². The lowest BCUT2D eigenvalue weighted by molar-refractivity contribution is 0.193. The molecule has 0 amide bonds. The maximum atomic E-state index is 5.99. The van der Waals surface area contributed by atoms with Gasteiger partial charge in [-0.1, -0.05) is 25.6 Å². The smallest absolute Gasteiger partial charge is 0.141 e. The average Bonchev–Trinajstić information content (AvgIpc) is 2.66. The van der Waals surface area contributed by atoms with E-state index in [9.17, 15) is 0 Å². The number of rotatable bonds is 10. The standard InChI is InChI=1S/C21H29NO3S/c1-4-11-24-17(15-20-21(5-2)26-13-12-25-20)8-6-7-16-9-10-19(23-3)18(22)14-16/h5,9-10,14-15H,2,4,6-8,11-13,22H2,1,3H3/b17-15-. The molecule has 0 aliphatic carbocycles. The van der Waals surface area contributed by atoms with Gasteiger partial charge in [-0.3, -0.25) is 0 Å². The number of methoxy groups -OCH3 is 1. The largest absolute Gasteiger partial charge is 0.498 e. The minimum Gasteiger partial charge on any atom is -0.498 e. The zero-order chi connectivity index (χ0) is 18.8. The Labute approximate surface area is 161 Å². The van der Waals surface area contributed by atoms with Crippen molar-refractivity contribution in [2.75, 3.05) is 31.8 Å². The van der Waals surface area contributed by atoms with Crippen molar-refractivity contribution < 1.29 is 14.2 Å². The quantitative estimate of drug-likeness (QED) is 0.457. The second-order valence-corrected chi connectivity index (χ2v) is 7.16. The van der Waals surface area contributed by atoms with E-state index >= 15 is 0 Å². The summed E-state index contributed by atoms with van der Waals surface area (Å²) in [5.74, 6) is 3.51. The van der Waals surface area contributed by atoms with Crippen LogP contribution in [0.5, 0.6) is 5.75 Å². The van der Waals surface area contributed by atoms with E-state index in [4.69, 9.17) is 19.9 Å². The molecule has 1 aliphatic heterocycles. The van der Waals surface area contributed by atoms with Crippen molar-refractivity contribution in [3.05, 3.63) is 58.9 Å². The summed E-state index contributed by atoms with van der Waals surface area (Å²) in [5, 5.41) is 0. The molecule has 0 fully saturated rings. The summed E-state index contributed by atoms with van der Waals surface area (Å²) in [6, 6.07) is 5.96. The third-order valence-electron chi connectivity index (χ3n) is 3.99. The Balaban J connectivity index is 2.01. The van der Waals surface area contributed by atoms with Gasteiger partial charge in [0.1, 0.15) is 11.5 Å². The van der Waals surface area contributed by atoms with Gasteiger partial charge in [-0.2, -0.15) is 0 Å². The Morgan fingerprint density at radius 1 is 1.42 bits per heavy atom. The highest BCUT2D eigenvalue weighted by Gasteiger charge is 2.12. The van der Waals surface area contributed by atoms with Gasteiger partial charge in [-0.25, -0.2) is 0 Å². The molecule has 0 atom stereocenters. The number of benzene rings is 1. The van der Waals surface area contributed by atoms with E-state index in [1.807, 2.05) is 24.3 Å². The lowest BCUT2D eigenvalue weighted by atomic mass is 10.1. The van der Waals surface area contributed by atoms with Crippen LogP contribution in [0, 0.1) is 0 Å². The van der Waals surface area contributed by atoms with Crippen molar-refractivity contribution in [1.82, 2.24) is 0 Å². The monoisotopic (exact) mass is 375 g/mol. The summed E-state index contributed by atoms with van der Waals surface area (Å²) < 4.78 is 17.0. The third kappa shape index (κ3) is 6.06. The molecule has 0 saturated carbocycles. The van der Waals surface area contributed by atoms with Crippen molar-refractivity contribution in [1.29, 1.82) is 0 Å². The van der Waals surface area contributed by atoms with Gasteiger partial charge >= 0.3 is 0 Å². The summed E-state index contributed by atoms with van der Waals surface area (Å²) in [5.41, 5.74) is 7.87. The summed E-state index contributed by atoms with van der Waals surface area (Å²) >= 11 is 1.77. The Morgan fingerprint density at radius 2 is 2.27 bits per heavy atom. The molecule has 2 rings (SSSR count). The predicted octanol–water partition coefficient (Wildman–Crippen LogP) is 5.07. The van der Waals surface area contributed by atoms with Crippen LogP contribution in [0.4, 0.5) is 5.69 Å². The number of allylic oxidation sites excluding steroid dienone is 3. The normalized spacial score (nSPS) is 14.8. The number of hydrogen-bond donors (Lipinski definition) is 1. The van der Waals surface area contributed by atoms with Crippen molar-refractivity contribution >= 4 is 17.4 Å². The second kappa shape index (κ2) is 10.9. The molecule has 0 aromatic heterocycles. The highest BCUT2D eigenvalue weighted by Crippen LogP contribution is 2.29. The van der Waals surface area contributed by atoms with Crippen LogP contribution in [-0.4, -0.2) is 26.1 Å². The van der Waals surface area contributed by atoms with Gasteiger partial charge < -0.3 is 19.9 Å². The molecule has 1 aromatic carbocycles. The Bertz CT molecular complexity index is 667. The molecule has 5 heteroatoms. The van der Waals surface area contributed by atoms with Gasteiger partial charge in [0.25, 0.3) is 0 Å². The predicted molar refractivity (Wildman–Crippen MR) is 110 cm³/mol. The fourth-order valence-electron chi connectivity index (χ4n) is 2.69. The van der Waals surface area contributed by atoms with Crippen LogP contribution in [0.1, 0.15) is 31.7 Å². The molecule has 4 nitrogen and oxygen atoms in total. The number of ether oxygens (including phenoxy) is 3. The Kier molecular flexibility index (Phi) is 8.48. The fraction of sp³-hybridized carbons (Fsp3) is 0.429. The molecule has 1 heterocycles. The van der Waals surface area contributed by atoms with E-state index in [1.165, 1.54) is 5.56 Å². The third-order valence-corrected chi connectivity index (χ3v) is 5.04. The Hall–Kier alpha value is -2.01. The number of aryl methyl sites for hydroxylation is 1. The maximum Gasteiger partial charge on any atom is 0.141 e. The molecule has 0 saturated heterocycles. The first-order valence-corrected chi connectivity index (χ1v) is 10.0. The van der Waals surface area contributed by atoms with Crippen LogP contribution in [0.25, 0.3) is 0 Å². The van der Waals surface area contributed by atoms with E-state index in [1.54, 1.807) is 18.9 Å². The van der Waals surface area contributed by atoms with Crippen molar-refractivity contribution in [2.24, 2.45) is 0 Å². The highest BCUT2D eigenvalue weighted by atomic mass is 32.2. The lowest BCUT2D eigenvalue weighted by Gasteiger charge is -2.18. The van der Waals surface area contributed by atoms with Crippen LogP contribution < -0.4 is 10.5 Å². The zero-order valence-corrected chi connectivity index (χ0v) is 16.6. The number of nitrogen functional groups attached to an aromatic ring is 1. The van der Waals surface area contributed by atoms with Crippen LogP contribution in [-0.2, 0) is 15.9 Å². The van der Waals surface area contributed by atoms with Gasteiger partial charge in [-0.05, 0) is 37.0 Å². The topological polar surface area (TPSA) is 53.7 Å². The molecular weight excluding hydrogens is 346 g/mol. The zero-order valence-electron chi connectivity index (χ0n) is 15.8. The van der Waals surface area contributed by atoms with Crippen molar-refractivity contribution in [3.8, 4) is 5.75 Å². The molecule has 2 N–H and O–H groups in total. The van der Waals surface area contributed by atoms with E-state index in [0.29, 0.717) is 12.3 Å². The molecule has 0 bridgehead atoms. The van der Waals surface area contributed by atoms with E-state index in [2.05, 4.69) is 19.6 Å². The molecule has 1 aliphatic rings. The molecule has 142 valence electrons. The van der Waals surface area contributed by atoms with E-state index < -0.39 is 0 Å². The van der Waals surface area contributed by atoms with Gasteiger partial charge in [-0.15, -0.1) is 11.8 Å². The number of anilines is 1. The SMILES string of the molecule is C=CC1=C(/C=C(/CCCc2ccc(OC)c(N)c2)OCCC)OCCS1. The van der Waals surface area contributed by atoms with Gasteiger partial charge in [0.15, 0.2) is 0 Å². The molecule has 1 aromatic rings. The van der Waals surface area contributed by atoms with E-state index in [-0.39, 0.29) is 0 Å².